The number of ether oxygens (including phenoxy) is 6. The van der Waals surface area contributed by atoms with Gasteiger partial charge >= 0.3 is 0 Å². The third-order valence-corrected chi connectivity index (χ3v) is 19.1. The van der Waals surface area contributed by atoms with Crippen molar-refractivity contribution in [3.05, 3.63) is 11.6 Å². The van der Waals surface area contributed by atoms with Gasteiger partial charge in [-0.3, -0.25) is 0 Å². The molecule has 6 fully saturated rings. The van der Waals surface area contributed by atoms with Crippen molar-refractivity contribution in [2.75, 3.05) is 19.8 Å². The molecule has 0 aromatic heterocycles. The molecule has 12 N–H and O–H groups in total. The number of aliphatic hydroxyl groups excluding tert-OH is 11. The molecule has 0 amide bonds. The van der Waals surface area contributed by atoms with E-state index in [1.807, 2.05) is 0 Å². The van der Waals surface area contributed by atoms with Gasteiger partial charge in [0.25, 0.3) is 0 Å². The van der Waals surface area contributed by atoms with E-state index in [-0.39, 0.29) is 45.3 Å². The minimum Gasteiger partial charge on any atom is -0.394 e. The quantitative estimate of drug-likeness (QED) is 0.104. The zero-order valence-corrected chi connectivity index (χ0v) is 40.9. The molecule has 388 valence electrons. The highest BCUT2D eigenvalue weighted by atomic mass is 16.8. The second-order valence-electron chi connectivity index (χ2n) is 23.4. The Hall–Kier alpha value is -0.980. The van der Waals surface area contributed by atoms with Gasteiger partial charge in [-0.1, -0.05) is 60.1 Å². The van der Waals surface area contributed by atoms with Crippen LogP contribution >= 0.6 is 0 Å². The lowest BCUT2D eigenvalue weighted by atomic mass is 9.38. The van der Waals surface area contributed by atoms with Gasteiger partial charge in [-0.15, -0.1) is 0 Å². The summed E-state index contributed by atoms with van der Waals surface area (Å²) in [5.41, 5.74) is -1.23. The lowest BCUT2D eigenvalue weighted by Crippen LogP contribution is -2.65. The van der Waals surface area contributed by atoms with Crippen molar-refractivity contribution in [3.63, 3.8) is 0 Å². The van der Waals surface area contributed by atoms with Crippen molar-refractivity contribution in [3.8, 4) is 0 Å². The standard InChI is InChI=1S/C49H84O18/c1-22(24-16-17-47(7)30-13-11-25-26(12-14-31(52)45(25,3)4)49(30,9)32(53)18-48(24,47)8)10-15-33(46(5,6)61)66-44-41(67-43-40(60)38(58)36(56)28(20-51)64-43)39(59)37(57)29(65-44)21-62-42-35(55)23(2)34(54)27(19-50)63-42/h11,22-24,26-44,50-61H,10,12-21H2,1-9H3/t22-,23+,24?,26?,27-,28-,29-,30?,31+,32-,33-,34+,35-,36-,37-,38+,39+,40-,41-,42+,43+,44+,47+,48-,49+/m1/s1. The molecule has 0 bridgehead atoms. The average Bonchev–Trinajstić information content (AvgIpc) is 3.54. The molecule has 3 saturated carbocycles. The van der Waals surface area contributed by atoms with Crippen molar-refractivity contribution in [2.45, 2.75) is 224 Å². The second-order valence-corrected chi connectivity index (χ2v) is 23.4. The summed E-state index contributed by atoms with van der Waals surface area (Å²) < 4.78 is 35.9. The molecule has 3 aliphatic heterocycles. The average molecular weight is 961 g/mol. The van der Waals surface area contributed by atoms with Crippen LogP contribution in [0.3, 0.4) is 0 Å². The van der Waals surface area contributed by atoms with E-state index in [0.29, 0.717) is 25.7 Å². The Morgan fingerprint density at radius 3 is 1.96 bits per heavy atom. The summed E-state index contributed by atoms with van der Waals surface area (Å²) in [5, 5.41) is 131. The normalized spacial score (nSPS) is 51.0. The van der Waals surface area contributed by atoms with E-state index < -0.39 is 136 Å². The van der Waals surface area contributed by atoms with Gasteiger partial charge in [0.15, 0.2) is 18.9 Å². The first-order valence-corrected chi connectivity index (χ1v) is 24.8. The molecule has 4 aliphatic carbocycles. The maximum atomic E-state index is 12.4. The number of aliphatic hydroxyl groups is 12. The fourth-order valence-electron chi connectivity index (χ4n) is 14.3. The van der Waals surface area contributed by atoms with E-state index in [2.05, 4.69) is 47.6 Å². The van der Waals surface area contributed by atoms with Crippen LogP contribution in [0.25, 0.3) is 0 Å². The summed E-state index contributed by atoms with van der Waals surface area (Å²) in [7, 11) is 0. The molecular weight excluding hydrogens is 877 g/mol. The molecular formula is C49H84O18. The Morgan fingerprint density at radius 2 is 1.31 bits per heavy atom. The maximum Gasteiger partial charge on any atom is 0.187 e. The lowest BCUT2D eigenvalue weighted by molar-refractivity contribution is -0.380. The minimum absolute atomic E-state index is 0.0805. The zero-order chi connectivity index (χ0) is 49.5. The van der Waals surface area contributed by atoms with E-state index >= 15 is 0 Å². The number of fused-ring (bicyclic) bond motifs is 5. The van der Waals surface area contributed by atoms with E-state index in [1.54, 1.807) is 20.8 Å². The lowest BCUT2D eigenvalue weighted by Gasteiger charge is -2.67. The SMILES string of the molecule is C[C@@H]1[C@@H](O)[C@@H](OC[C@H]2O[C@@H](O[C@H](CC[C@@H](C)C3CC[C@@]4(C)C5CC=C6C(CC[C@H](O)C6(C)C)[C@]5(C)[C@H](O)C[C@]34C)C(C)(C)O)[C@H](O[C@@H]3O[C@H](CO)[C@@H](O)[C@H](O)[C@H]3O)[C@@H](O)[C@@H]2O)O[C@H](CO)[C@H]1O. The van der Waals surface area contributed by atoms with Gasteiger partial charge in [0, 0.05) is 16.7 Å². The van der Waals surface area contributed by atoms with Gasteiger partial charge < -0.3 is 89.7 Å². The molecule has 67 heavy (non-hydrogen) atoms. The van der Waals surface area contributed by atoms with Crippen molar-refractivity contribution < 1.29 is 89.7 Å². The molecule has 3 unspecified atom stereocenters. The van der Waals surface area contributed by atoms with Gasteiger partial charge in [-0.05, 0) is 99.7 Å². The predicted molar refractivity (Wildman–Crippen MR) is 238 cm³/mol. The smallest absolute Gasteiger partial charge is 0.187 e. The van der Waals surface area contributed by atoms with Crippen LogP contribution in [0.15, 0.2) is 11.6 Å². The summed E-state index contributed by atoms with van der Waals surface area (Å²) in [6, 6.07) is 0. The molecule has 25 atom stereocenters. The van der Waals surface area contributed by atoms with Crippen LogP contribution in [-0.2, 0) is 28.4 Å². The number of rotatable bonds is 14. The minimum atomic E-state index is -1.87. The van der Waals surface area contributed by atoms with Crippen LogP contribution in [0.2, 0.25) is 0 Å². The maximum absolute atomic E-state index is 12.4. The highest BCUT2D eigenvalue weighted by molar-refractivity contribution is 5.31. The molecule has 7 aliphatic rings. The van der Waals surface area contributed by atoms with Crippen molar-refractivity contribution in [1.82, 2.24) is 0 Å². The third kappa shape index (κ3) is 9.26. The van der Waals surface area contributed by atoms with E-state index in [4.69, 9.17) is 28.4 Å². The van der Waals surface area contributed by atoms with Crippen LogP contribution in [0.5, 0.6) is 0 Å². The van der Waals surface area contributed by atoms with Gasteiger partial charge in [0.05, 0.1) is 49.8 Å². The van der Waals surface area contributed by atoms with Gasteiger partial charge in [-0.2, -0.15) is 0 Å². The molecule has 0 radical (unpaired) electrons. The molecule has 0 aromatic carbocycles. The Bertz CT molecular complexity index is 1710. The molecule has 3 saturated heterocycles. The van der Waals surface area contributed by atoms with E-state index in [0.717, 1.165) is 25.7 Å². The first-order valence-electron chi connectivity index (χ1n) is 24.8. The summed E-state index contributed by atoms with van der Waals surface area (Å²) in [5.74, 6) is -0.0231. The molecule has 18 heteroatoms. The Kier molecular flexibility index (Phi) is 15.9. The Labute approximate surface area is 395 Å². The summed E-state index contributed by atoms with van der Waals surface area (Å²) >= 11 is 0. The largest absolute Gasteiger partial charge is 0.394 e. The Morgan fingerprint density at radius 1 is 0.701 bits per heavy atom. The van der Waals surface area contributed by atoms with Crippen molar-refractivity contribution >= 4 is 0 Å². The summed E-state index contributed by atoms with van der Waals surface area (Å²) in [6.07, 6.45) is -15.4. The van der Waals surface area contributed by atoms with Gasteiger partial charge in [0.1, 0.15) is 61.0 Å². The van der Waals surface area contributed by atoms with Crippen LogP contribution in [-0.4, -0.2) is 191 Å². The summed E-state index contributed by atoms with van der Waals surface area (Å²) in [6.45, 7) is 16.4. The Balaban J connectivity index is 1.10. The van der Waals surface area contributed by atoms with E-state index in [1.165, 1.54) is 5.57 Å². The van der Waals surface area contributed by atoms with Crippen molar-refractivity contribution in [2.24, 2.45) is 51.2 Å². The highest BCUT2D eigenvalue weighted by Crippen LogP contribution is 2.75. The fourth-order valence-corrected chi connectivity index (χ4v) is 14.3. The monoisotopic (exact) mass is 961 g/mol. The third-order valence-electron chi connectivity index (χ3n) is 19.1. The predicted octanol–water partition coefficient (Wildman–Crippen LogP) is 0.219. The zero-order valence-electron chi connectivity index (χ0n) is 40.9. The topological polar surface area (TPSA) is 298 Å². The molecule has 0 spiro atoms. The first kappa shape index (κ1) is 53.8. The molecule has 0 aromatic rings. The van der Waals surface area contributed by atoms with E-state index in [9.17, 15) is 61.3 Å². The van der Waals surface area contributed by atoms with Crippen molar-refractivity contribution in [1.29, 1.82) is 0 Å². The molecule has 7 rings (SSSR count). The van der Waals surface area contributed by atoms with Crippen LogP contribution < -0.4 is 0 Å². The van der Waals surface area contributed by atoms with Crippen LogP contribution in [0.4, 0.5) is 0 Å². The highest BCUT2D eigenvalue weighted by Gasteiger charge is 2.70. The molecule has 18 nitrogen and oxygen atoms in total. The van der Waals surface area contributed by atoms with Gasteiger partial charge in [0.2, 0.25) is 0 Å². The van der Waals surface area contributed by atoms with Crippen LogP contribution in [0, 0.1) is 51.2 Å². The molecule has 3 heterocycles. The number of allylic oxidation sites excluding steroid dienone is 1. The van der Waals surface area contributed by atoms with Crippen LogP contribution in [0.1, 0.15) is 114 Å². The second kappa shape index (κ2) is 19.8. The number of hydrogen-bond acceptors (Lipinski definition) is 18. The number of hydrogen-bond donors (Lipinski definition) is 12. The fraction of sp³-hybridized carbons (Fsp3) is 0.959. The summed E-state index contributed by atoms with van der Waals surface area (Å²) in [4.78, 5) is 0. The van der Waals surface area contributed by atoms with Gasteiger partial charge in [-0.25, -0.2) is 0 Å². The first-order chi connectivity index (χ1) is 31.2.